The van der Waals surface area contributed by atoms with Crippen LogP contribution in [0, 0.1) is 6.92 Å². The SMILES string of the molecule is CC.COc1ccc2c(C)[nH]c(=O)nc2c1. The standard InChI is InChI=1S/C10H10N2O2.C2H6/c1-6-8-4-3-7(14-2)5-9(8)12-10(13)11-6;1-2/h3-5H,1-2H3,(H,11,12,13);1-2H3. The van der Waals surface area contributed by atoms with Gasteiger partial charge in [-0.25, -0.2) is 4.79 Å². The number of methoxy groups -OCH3 is 1. The Morgan fingerprint density at radius 3 is 2.62 bits per heavy atom. The number of fused-ring (bicyclic) bond motifs is 1. The Hall–Kier alpha value is -1.84. The zero-order valence-electron chi connectivity index (χ0n) is 10.00. The van der Waals surface area contributed by atoms with E-state index >= 15 is 0 Å². The largest absolute Gasteiger partial charge is 0.497 e. The van der Waals surface area contributed by atoms with Gasteiger partial charge in [-0.15, -0.1) is 0 Å². The number of aromatic nitrogens is 2. The van der Waals surface area contributed by atoms with Crippen LogP contribution >= 0.6 is 0 Å². The molecule has 1 aromatic heterocycles. The van der Waals surface area contributed by atoms with E-state index < -0.39 is 0 Å². The van der Waals surface area contributed by atoms with Crippen molar-refractivity contribution in [1.82, 2.24) is 9.97 Å². The number of rotatable bonds is 1. The minimum absolute atomic E-state index is 0.330. The van der Waals surface area contributed by atoms with Crippen LogP contribution < -0.4 is 10.4 Å². The second-order valence-corrected chi connectivity index (χ2v) is 3.05. The number of nitrogens with zero attached hydrogens (tertiary/aromatic N) is 1. The topological polar surface area (TPSA) is 55.0 Å². The van der Waals surface area contributed by atoms with E-state index in [0.29, 0.717) is 11.3 Å². The molecule has 86 valence electrons. The van der Waals surface area contributed by atoms with Gasteiger partial charge >= 0.3 is 5.69 Å². The van der Waals surface area contributed by atoms with Crippen molar-refractivity contribution < 1.29 is 4.74 Å². The summed E-state index contributed by atoms with van der Waals surface area (Å²) in [6, 6.07) is 5.47. The van der Waals surface area contributed by atoms with Gasteiger partial charge in [-0.3, -0.25) is 0 Å². The fourth-order valence-electron chi connectivity index (χ4n) is 1.41. The third-order valence-corrected chi connectivity index (χ3v) is 2.13. The maximum Gasteiger partial charge on any atom is 0.345 e. The molecule has 0 spiro atoms. The summed E-state index contributed by atoms with van der Waals surface area (Å²) in [6.07, 6.45) is 0. The summed E-state index contributed by atoms with van der Waals surface area (Å²) >= 11 is 0. The van der Waals surface area contributed by atoms with Gasteiger partial charge in [0.15, 0.2) is 0 Å². The van der Waals surface area contributed by atoms with Crippen molar-refractivity contribution in [3.63, 3.8) is 0 Å². The molecule has 2 rings (SSSR count). The highest BCUT2D eigenvalue weighted by Crippen LogP contribution is 2.18. The first kappa shape index (κ1) is 12.2. The summed E-state index contributed by atoms with van der Waals surface area (Å²) in [5.74, 6) is 0.704. The fraction of sp³-hybridized carbons (Fsp3) is 0.333. The van der Waals surface area contributed by atoms with E-state index in [1.165, 1.54) is 0 Å². The number of H-pyrrole nitrogens is 1. The van der Waals surface area contributed by atoms with Crippen molar-refractivity contribution in [3.05, 3.63) is 34.4 Å². The number of ether oxygens (including phenoxy) is 1. The first-order valence-corrected chi connectivity index (χ1v) is 5.25. The number of aromatic amines is 1. The van der Waals surface area contributed by atoms with Gasteiger partial charge < -0.3 is 9.72 Å². The van der Waals surface area contributed by atoms with Gasteiger partial charge in [0.1, 0.15) is 5.75 Å². The van der Waals surface area contributed by atoms with Gasteiger partial charge in [-0.2, -0.15) is 4.98 Å². The van der Waals surface area contributed by atoms with Crippen LogP contribution in [0.25, 0.3) is 10.9 Å². The van der Waals surface area contributed by atoms with Crippen LogP contribution in [0.4, 0.5) is 0 Å². The Labute approximate surface area is 94.3 Å². The predicted octanol–water partition coefficient (Wildman–Crippen LogP) is 2.27. The van der Waals surface area contributed by atoms with Gasteiger partial charge in [0.25, 0.3) is 0 Å². The first-order valence-electron chi connectivity index (χ1n) is 5.25. The molecule has 0 amide bonds. The van der Waals surface area contributed by atoms with E-state index in [-0.39, 0.29) is 5.69 Å². The number of hydrogen-bond donors (Lipinski definition) is 1. The summed E-state index contributed by atoms with van der Waals surface area (Å²) in [4.78, 5) is 17.6. The summed E-state index contributed by atoms with van der Waals surface area (Å²) < 4.78 is 5.05. The zero-order valence-corrected chi connectivity index (χ0v) is 10.00. The van der Waals surface area contributed by atoms with E-state index in [2.05, 4.69) is 9.97 Å². The van der Waals surface area contributed by atoms with Crippen molar-refractivity contribution in [2.24, 2.45) is 0 Å². The van der Waals surface area contributed by atoms with Crippen LogP contribution in [0.2, 0.25) is 0 Å². The molecule has 0 saturated heterocycles. The molecule has 0 aliphatic heterocycles. The number of hydrogen-bond acceptors (Lipinski definition) is 3. The lowest BCUT2D eigenvalue weighted by Gasteiger charge is -2.03. The molecule has 1 heterocycles. The molecule has 4 nitrogen and oxygen atoms in total. The zero-order chi connectivity index (χ0) is 12.1. The van der Waals surface area contributed by atoms with E-state index in [1.54, 1.807) is 13.2 Å². The molecule has 0 atom stereocenters. The average Bonchev–Trinajstić information content (AvgIpc) is 2.30. The molecule has 0 aliphatic carbocycles. The predicted molar refractivity (Wildman–Crippen MR) is 65.0 cm³/mol. The monoisotopic (exact) mass is 220 g/mol. The van der Waals surface area contributed by atoms with Gasteiger partial charge in [-0.05, 0) is 19.1 Å². The Kier molecular flexibility index (Phi) is 4.05. The lowest BCUT2D eigenvalue weighted by atomic mass is 10.2. The van der Waals surface area contributed by atoms with E-state index in [4.69, 9.17) is 4.74 Å². The van der Waals surface area contributed by atoms with Crippen molar-refractivity contribution in [2.45, 2.75) is 20.8 Å². The second kappa shape index (κ2) is 5.30. The van der Waals surface area contributed by atoms with Crippen molar-refractivity contribution in [2.75, 3.05) is 7.11 Å². The molecule has 2 aromatic rings. The average molecular weight is 220 g/mol. The molecular formula is C12H16N2O2. The van der Waals surface area contributed by atoms with Crippen LogP contribution in [-0.4, -0.2) is 17.1 Å². The maximum atomic E-state index is 11.1. The Morgan fingerprint density at radius 1 is 1.31 bits per heavy atom. The fourth-order valence-corrected chi connectivity index (χ4v) is 1.41. The third-order valence-electron chi connectivity index (χ3n) is 2.13. The molecule has 1 N–H and O–H groups in total. The minimum Gasteiger partial charge on any atom is -0.497 e. The summed E-state index contributed by atoms with van der Waals surface area (Å²) in [6.45, 7) is 5.85. The van der Waals surface area contributed by atoms with Crippen molar-refractivity contribution in [3.8, 4) is 5.75 Å². The normalized spacial score (nSPS) is 9.50. The quantitative estimate of drug-likeness (QED) is 0.802. The summed E-state index contributed by atoms with van der Waals surface area (Å²) in [5, 5.41) is 0.936. The molecule has 0 aliphatic rings. The minimum atomic E-state index is -0.330. The van der Waals surface area contributed by atoms with Crippen LogP contribution in [0.3, 0.4) is 0 Å². The molecule has 16 heavy (non-hydrogen) atoms. The second-order valence-electron chi connectivity index (χ2n) is 3.05. The number of aryl methyl sites for hydroxylation is 1. The smallest absolute Gasteiger partial charge is 0.345 e. The molecule has 0 saturated carbocycles. The highest BCUT2D eigenvalue weighted by Gasteiger charge is 2.01. The van der Waals surface area contributed by atoms with Gasteiger partial charge in [0, 0.05) is 17.1 Å². The third kappa shape index (κ3) is 2.39. The van der Waals surface area contributed by atoms with E-state index in [1.807, 2.05) is 32.9 Å². The van der Waals surface area contributed by atoms with E-state index in [0.717, 1.165) is 11.1 Å². The molecule has 0 bridgehead atoms. The Morgan fingerprint density at radius 2 is 2.00 bits per heavy atom. The molecule has 1 aromatic carbocycles. The molecule has 0 radical (unpaired) electrons. The Balaban J connectivity index is 0.000000606. The molecule has 0 fully saturated rings. The van der Waals surface area contributed by atoms with E-state index in [9.17, 15) is 4.79 Å². The van der Waals surface area contributed by atoms with Crippen LogP contribution in [0.1, 0.15) is 19.5 Å². The van der Waals surface area contributed by atoms with Crippen LogP contribution in [0.5, 0.6) is 5.75 Å². The molecule has 4 heteroatoms. The number of benzene rings is 1. The lowest BCUT2D eigenvalue weighted by Crippen LogP contribution is -2.11. The summed E-state index contributed by atoms with van der Waals surface area (Å²) in [5.41, 5.74) is 1.15. The van der Waals surface area contributed by atoms with Gasteiger partial charge in [0.05, 0.1) is 12.6 Å². The maximum absolute atomic E-state index is 11.1. The first-order chi connectivity index (χ1) is 7.70. The number of nitrogens with one attached hydrogen (secondary N) is 1. The molecule has 0 unspecified atom stereocenters. The lowest BCUT2D eigenvalue weighted by molar-refractivity contribution is 0.415. The van der Waals surface area contributed by atoms with Crippen molar-refractivity contribution in [1.29, 1.82) is 0 Å². The van der Waals surface area contributed by atoms with Crippen LogP contribution in [-0.2, 0) is 0 Å². The van der Waals surface area contributed by atoms with Gasteiger partial charge in [0.2, 0.25) is 0 Å². The van der Waals surface area contributed by atoms with Gasteiger partial charge in [-0.1, -0.05) is 13.8 Å². The van der Waals surface area contributed by atoms with Crippen LogP contribution in [0.15, 0.2) is 23.0 Å². The highest BCUT2D eigenvalue weighted by atomic mass is 16.5. The Bertz CT molecular complexity index is 532. The van der Waals surface area contributed by atoms with Crippen molar-refractivity contribution >= 4 is 10.9 Å². The summed E-state index contributed by atoms with van der Waals surface area (Å²) in [7, 11) is 1.58. The highest BCUT2D eigenvalue weighted by molar-refractivity contribution is 5.81. The molecular weight excluding hydrogens is 204 g/mol.